The van der Waals surface area contributed by atoms with Crippen LogP contribution in [0.25, 0.3) is 0 Å². The molecule has 1 fully saturated rings. The number of carbonyl (C=O) groups is 1. The maximum Gasteiger partial charge on any atom is 0.317 e. The third-order valence-electron chi connectivity index (χ3n) is 2.82. The molecule has 0 spiro atoms. The zero-order valence-electron chi connectivity index (χ0n) is 8.84. The smallest absolute Gasteiger partial charge is 0.317 e. The molecule has 2 unspecified atom stereocenters. The minimum absolute atomic E-state index is 0.111. The van der Waals surface area contributed by atoms with Gasteiger partial charge in [0.05, 0.1) is 0 Å². The molecule has 0 bridgehead atoms. The number of rotatable bonds is 2. The van der Waals surface area contributed by atoms with E-state index >= 15 is 0 Å². The summed E-state index contributed by atoms with van der Waals surface area (Å²) in [6, 6.07) is 0.984. The van der Waals surface area contributed by atoms with Crippen molar-refractivity contribution in [1.29, 1.82) is 0 Å². The Morgan fingerprint density at radius 3 is 2.69 bits per heavy atom. The van der Waals surface area contributed by atoms with Crippen LogP contribution in [0.2, 0.25) is 0 Å². The summed E-state index contributed by atoms with van der Waals surface area (Å²) in [5, 5.41) is 2.87. The van der Waals surface area contributed by atoms with Gasteiger partial charge in [0.2, 0.25) is 0 Å². The van der Waals surface area contributed by atoms with Crippen molar-refractivity contribution < 1.29 is 4.79 Å². The molecule has 13 heavy (non-hydrogen) atoms. The van der Waals surface area contributed by atoms with Crippen molar-refractivity contribution >= 4 is 6.03 Å². The molecule has 1 aliphatic rings. The fourth-order valence-electron chi connectivity index (χ4n) is 2.08. The van der Waals surface area contributed by atoms with Gasteiger partial charge < -0.3 is 10.2 Å². The maximum atomic E-state index is 11.6. The Bertz CT molecular complexity index is 182. The molecular weight excluding hydrogens is 164 g/mol. The van der Waals surface area contributed by atoms with E-state index in [1.165, 1.54) is 0 Å². The Hall–Kier alpha value is -0.730. The highest BCUT2D eigenvalue weighted by molar-refractivity contribution is 5.75. The van der Waals surface area contributed by atoms with Gasteiger partial charge in [-0.1, -0.05) is 6.92 Å². The minimum Gasteiger partial charge on any atom is -0.338 e. The molecule has 0 saturated carbocycles. The Labute approximate surface area is 80.5 Å². The highest BCUT2D eigenvalue weighted by Crippen LogP contribution is 2.25. The highest BCUT2D eigenvalue weighted by atomic mass is 16.2. The molecule has 3 nitrogen and oxygen atoms in total. The summed E-state index contributed by atoms with van der Waals surface area (Å²) in [5.74, 6) is 0. The average molecular weight is 184 g/mol. The lowest BCUT2D eigenvalue weighted by molar-refractivity contribution is 0.175. The van der Waals surface area contributed by atoms with Crippen molar-refractivity contribution in [1.82, 2.24) is 10.2 Å². The second kappa shape index (κ2) is 4.49. The topological polar surface area (TPSA) is 32.3 Å². The summed E-state index contributed by atoms with van der Waals surface area (Å²) < 4.78 is 0. The van der Waals surface area contributed by atoms with Crippen LogP contribution in [0.15, 0.2) is 0 Å². The van der Waals surface area contributed by atoms with Gasteiger partial charge >= 0.3 is 6.03 Å². The van der Waals surface area contributed by atoms with E-state index in [0.29, 0.717) is 12.1 Å². The Kier molecular flexibility index (Phi) is 3.58. The molecule has 1 aliphatic heterocycles. The number of hydrogen-bond donors (Lipinski definition) is 1. The van der Waals surface area contributed by atoms with Gasteiger partial charge in [-0.3, -0.25) is 0 Å². The highest BCUT2D eigenvalue weighted by Gasteiger charge is 2.32. The largest absolute Gasteiger partial charge is 0.338 e. The first-order valence-corrected chi connectivity index (χ1v) is 5.26. The zero-order chi connectivity index (χ0) is 9.84. The fourth-order valence-corrected chi connectivity index (χ4v) is 2.08. The van der Waals surface area contributed by atoms with E-state index in [0.717, 1.165) is 25.8 Å². The quantitative estimate of drug-likeness (QED) is 0.699. The van der Waals surface area contributed by atoms with Crippen LogP contribution in [-0.2, 0) is 0 Å². The van der Waals surface area contributed by atoms with Crippen molar-refractivity contribution in [2.45, 2.75) is 52.1 Å². The van der Waals surface area contributed by atoms with Crippen LogP contribution in [0.1, 0.15) is 40.0 Å². The van der Waals surface area contributed by atoms with Crippen molar-refractivity contribution in [3.8, 4) is 0 Å². The molecule has 0 aromatic carbocycles. The van der Waals surface area contributed by atoms with Gasteiger partial charge in [0.25, 0.3) is 0 Å². The van der Waals surface area contributed by atoms with E-state index in [1.54, 1.807) is 0 Å². The molecule has 0 aromatic heterocycles. The standard InChI is InChI=1S/C10H20N2O/c1-4-9-7-6-8(3)12(9)10(13)11-5-2/h8-9H,4-7H2,1-3H3,(H,11,13). The molecule has 1 rings (SSSR count). The Morgan fingerprint density at radius 2 is 2.15 bits per heavy atom. The number of likely N-dealkylation sites (tertiary alicyclic amines) is 1. The van der Waals surface area contributed by atoms with Crippen molar-refractivity contribution in [3.63, 3.8) is 0 Å². The summed E-state index contributed by atoms with van der Waals surface area (Å²) in [7, 11) is 0. The van der Waals surface area contributed by atoms with E-state index in [-0.39, 0.29) is 6.03 Å². The number of nitrogens with one attached hydrogen (secondary N) is 1. The molecule has 1 saturated heterocycles. The van der Waals surface area contributed by atoms with Crippen LogP contribution in [0.4, 0.5) is 4.79 Å². The lowest BCUT2D eigenvalue weighted by atomic mass is 10.2. The molecule has 2 amide bonds. The molecule has 2 atom stereocenters. The molecule has 1 heterocycles. The third-order valence-corrected chi connectivity index (χ3v) is 2.82. The first-order chi connectivity index (χ1) is 6.20. The summed E-state index contributed by atoms with van der Waals surface area (Å²) in [5.41, 5.74) is 0. The molecule has 0 radical (unpaired) electrons. The summed E-state index contributed by atoms with van der Waals surface area (Å²) in [6.07, 6.45) is 3.38. The van der Waals surface area contributed by atoms with E-state index in [1.807, 2.05) is 11.8 Å². The Morgan fingerprint density at radius 1 is 1.46 bits per heavy atom. The maximum absolute atomic E-state index is 11.6. The van der Waals surface area contributed by atoms with Crippen molar-refractivity contribution in [2.75, 3.05) is 6.54 Å². The zero-order valence-corrected chi connectivity index (χ0v) is 8.84. The van der Waals surface area contributed by atoms with Gasteiger partial charge in [0, 0.05) is 18.6 Å². The summed E-state index contributed by atoms with van der Waals surface area (Å²) in [4.78, 5) is 13.6. The van der Waals surface area contributed by atoms with Gasteiger partial charge in [0.1, 0.15) is 0 Å². The van der Waals surface area contributed by atoms with Gasteiger partial charge in [0.15, 0.2) is 0 Å². The first kappa shape index (κ1) is 10.4. The van der Waals surface area contributed by atoms with Crippen LogP contribution >= 0.6 is 0 Å². The lowest BCUT2D eigenvalue weighted by Gasteiger charge is -2.27. The third kappa shape index (κ3) is 2.14. The molecule has 76 valence electrons. The first-order valence-electron chi connectivity index (χ1n) is 5.26. The van der Waals surface area contributed by atoms with E-state index in [4.69, 9.17) is 0 Å². The predicted molar refractivity (Wildman–Crippen MR) is 53.7 cm³/mol. The number of amides is 2. The SMILES string of the molecule is CCNC(=O)N1C(C)CCC1CC. The van der Waals surface area contributed by atoms with Crippen LogP contribution in [0, 0.1) is 0 Å². The minimum atomic E-state index is 0.111. The van der Waals surface area contributed by atoms with E-state index < -0.39 is 0 Å². The second-order valence-corrected chi connectivity index (χ2v) is 3.73. The summed E-state index contributed by atoms with van der Waals surface area (Å²) >= 11 is 0. The van der Waals surface area contributed by atoms with Crippen molar-refractivity contribution in [3.05, 3.63) is 0 Å². The van der Waals surface area contributed by atoms with Crippen LogP contribution in [0.5, 0.6) is 0 Å². The van der Waals surface area contributed by atoms with Crippen LogP contribution in [-0.4, -0.2) is 29.6 Å². The average Bonchev–Trinajstić information content (AvgIpc) is 2.47. The number of nitrogens with zero attached hydrogens (tertiary/aromatic N) is 1. The van der Waals surface area contributed by atoms with E-state index in [9.17, 15) is 4.79 Å². The van der Waals surface area contributed by atoms with Gasteiger partial charge in [-0.05, 0) is 33.1 Å². The lowest BCUT2D eigenvalue weighted by Crippen LogP contribution is -2.45. The van der Waals surface area contributed by atoms with Gasteiger partial charge in [-0.15, -0.1) is 0 Å². The Balaban J connectivity index is 2.58. The number of hydrogen-bond acceptors (Lipinski definition) is 1. The normalized spacial score (nSPS) is 27.8. The van der Waals surface area contributed by atoms with E-state index in [2.05, 4.69) is 19.2 Å². The monoisotopic (exact) mass is 184 g/mol. The second-order valence-electron chi connectivity index (χ2n) is 3.73. The van der Waals surface area contributed by atoms with Crippen molar-refractivity contribution in [2.24, 2.45) is 0 Å². The molecule has 1 N–H and O–H groups in total. The number of carbonyl (C=O) groups excluding carboxylic acids is 1. The fraction of sp³-hybridized carbons (Fsp3) is 0.900. The number of urea groups is 1. The summed E-state index contributed by atoms with van der Waals surface area (Å²) in [6.45, 7) is 6.96. The predicted octanol–water partition coefficient (Wildman–Crippen LogP) is 1.98. The molecule has 3 heteroatoms. The van der Waals surface area contributed by atoms with Crippen LogP contribution < -0.4 is 5.32 Å². The molecule has 0 aromatic rings. The van der Waals surface area contributed by atoms with Gasteiger partial charge in [-0.25, -0.2) is 4.79 Å². The molecular formula is C10H20N2O. The molecule has 0 aliphatic carbocycles. The van der Waals surface area contributed by atoms with Gasteiger partial charge in [-0.2, -0.15) is 0 Å². The van der Waals surface area contributed by atoms with Crippen LogP contribution in [0.3, 0.4) is 0 Å².